The molecule has 0 saturated carbocycles. The van der Waals surface area contributed by atoms with E-state index in [4.69, 9.17) is 4.74 Å². The van der Waals surface area contributed by atoms with Crippen LogP contribution in [0.4, 0.5) is 0 Å². The van der Waals surface area contributed by atoms with E-state index in [1.165, 1.54) is 0 Å². The molecule has 0 aromatic carbocycles. The minimum Gasteiger partial charge on any atom is -0.370 e. The van der Waals surface area contributed by atoms with Crippen LogP contribution >= 0.6 is 0 Å². The summed E-state index contributed by atoms with van der Waals surface area (Å²) in [5.74, 6) is 1.01. The zero-order valence-electron chi connectivity index (χ0n) is 10.3. The van der Waals surface area contributed by atoms with Crippen LogP contribution < -0.4 is 0 Å². The van der Waals surface area contributed by atoms with Crippen LogP contribution in [0.1, 0.15) is 34.6 Å². The molecule has 1 aliphatic rings. The molecule has 3 heteroatoms. The molecule has 4 atom stereocenters. The van der Waals surface area contributed by atoms with Gasteiger partial charge in [-0.3, -0.25) is 4.21 Å². The summed E-state index contributed by atoms with van der Waals surface area (Å²) in [6, 6.07) is 0. The summed E-state index contributed by atoms with van der Waals surface area (Å²) in [6.07, 6.45) is 4.49. The first-order chi connectivity index (χ1) is 6.80. The Balaban J connectivity index is 2.59. The van der Waals surface area contributed by atoms with Crippen LogP contribution in [0.15, 0.2) is 12.2 Å². The number of hydrogen-bond donors (Lipinski definition) is 0. The molecule has 0 spiro atoms. The number of rotatable bonds is 2. The quantitative estimate of drug-likeness (QED) is 0.681. The molecule has 0 radical (unpaired) electrons. The van der Waals surface area contributed by atoms with Gasteiger partial charge < -0.3 is 4.74 Å². The fourth-order valence-electron chi connectivity index (χ4n) is 1.49. The van der Waals surface area contributed by atoms with Crippen molar-refractivity contribution in [3.05, 3.63) is 12.2 Å². The van der Waals surface area contributed by atoms with E-state index >= 15 is 0 Å². The van der Waals surface area contributed by atoms with Crippen molar-refractivity contribution in [2.75, 3.05) is 5.75 Å². The van der Waals surface area contributed by atoms with Gasteiger partial charge in [0.05, 0.1) is 18.0 Å². The lowest BCUT2D eigenvalue weighted by Gasteiger charge is -2.30. The van der Waals surface area contributed by atoms with Gasteiger partial charge in [0.2, 0.25) is 0 Å². The third-order valence-electron chi connectivity index (χ3n) is 2.66. The summed E-state index contributed by atoms with van der Waals surface area (Å²) in [4.78, 5) is 0. The minimum absolute atomic E-state index is 0.102. The topological polar surface area (TPSA) is 26.3 Å². The van der Waals surface area contributed by atoms with Crippen molar-refractivity contribution in [2.45, 2.75) is 51.6 Å². The molecule has 0 fully saturated rings. The highest BCUT2D eigenvalue weighted by Crippen LogP contribution is 2.22. The monoisotopic (exact) mass is 230 g/mol. The zero-order valence-corrected chi connectivity index (χ0v) is 11.1. The Labute approximate surface area is 95.5 Å². The average molecular weight is 230 g/mol. The maximum absolute atomic E-state index is 12.0. The standard InChI is InChI=1S/C12H22O2S/c1-9-6-7-10(2)14-11(9)8-15(13)12(3,4)5/h6-7,9-11H,8H2,1-5H3/t9-,10-,11+,15?/m1/s1. The van der Waals surface area contributed by atoms with Gasteiger partial charge >= 0.3 is 0 Å². The predicted octanol–water partition coefficient (Wildman–Crippen LogP) is 2.51. The van der Waals surface area contributed by atoms with Crippen molar-refractivity contribution in [3.8, 4) is 0 Å². The Morgan fingerprint density at radius 3 is 2.40 bits per heavy atom. The summed E-state index contributed by atoms with van der Waals surface area (Å²) < 4.78 is 17.6. The van der Waals surface area contributed by atoms with E-state index in [1.807, 2.05) is 27.7 Å². The van der Waals surface area contributed by atoms with Gasteiger partial charge in [-0.2, -0.15) is 0 Å². The lowest BCUT2D eigenvalue weighted by molar-refractivity contribution is 0.00545. The largest absolute Gasteiger partial charge is 0.370 e. The third kappa shape index (κ3) is 3.72. The molecule has 1 aliphatic heterocycles. The molecule has 1 heterocycles. The van der Waals surface area contributed by atoms with E-state index in [-0.39, 0.29) is 17.0 Å². The van der Waals surface area contributed by atoms with Gasteiger partial charge in [-0.15, -0.1) is 0 Å². The van der Waals surface area contributed by atoms with Crippen molar-refractivity contribution in [1.29, 1.82) is 0 Å². The van der Waals surface area contributed by atoms with Gasteiger partial charge in [0.25, 0.3) is 0 Å². The molecule has 0 N–H and O–H groups in total. The van der Waals surface area contributed by atoms with Crippen molar-refractivity contribution in [1.82, 2.24) is 0 Å². The highest BCUT2D eigenvalue weighted by Gasteiger charge is 2.28. The van der Waals surface area contributed by atoms with Crippen molar-refractivity contribution >= 4 is 10.8 Å². The molecule has 1 unspecified atom stereocenters. The second kappa shape index (κ2) is 4.79. The van der Waals surface area contributed by atoms with E-state index in [9.17, 15) is 4.21 Å². The van der Waals surface area contributed by atoms with Crippen LogP contribution in [-0.2, 0) is 15.5 Å². The van der Waals surface area contributed by atoms with Crippen molar-refractivity contribution in [2.24, 2.45) is 5.92 Å². The lowest BCUT2D eigenvalue weighted by Crippen LogP contribution is -2.37. The lowest BCUT2D eigenvalue weighted by atomic mass is 10.0. The van der Waals surface area contributed by atoms with Gasteiger partial charge in [-0.05, 0) is 27.7 Å². The van der Waals surface area contributed by atoms with Crippen LogP contribution in [0.3, 0.4) is 0 Å². The molecule has 0 aromatic heterocycles. The third-order valence-corrected chi connectivity index (χ3v) is 4.66. The first kappa shape index (κ1) is 12.9. The normalized spacial score (nSPS) is 34.1. The highest BCUT2D eigenvalue weighted by molar-refractivity contribution is 7.86. The van der Waals surface area contributed by atoms with Gasteiger partial charge in [-0.25, -0.2) is 0 Å². The van der Waals surface area contributed by atoms with Crippen LogP contribution in [0.5, 0.6) is 0 Å². The molecule has 0 bridgehead atoms. The summed E-state index contributed by atoms with van der Waals surface area (Å²) >= 11 is 0. The van der Waals surface area contributed by atoms with Gasteiger partial charge in [0.1, 0.15) is 0 Å². The van der Waals surface area contributed by atoms with E-state index in [0.29, 0.717) is 11.7 Å². The first-order valence-corrected chi connectivity index (χ1v) is 6.85. The van der Waals surface area contributed by atoms with Gasteiger partial charge in [0.15, 0.2) is 0 Å². The van der Waals surface area contributed by atoms with E-state index < -0.39 is 10.8 Å². The van der Waals surface area contributed by atoms with Gasteiger partial charge in [0, 0.05) is 21.5 Å². The Morgan fingerprint density at radius 1 is 1.27 bits per heavy atom. The molecule has 15 heavy (non-hydrogen) atoms. The molecule has 0 saturated heterocycles. The molecule has 88 valence electrons. The number of hydrogen-bond acceptors (Lipinski definition) is 2. The molecule has 2 nitrogen and oxygen atoms in total. The maximum atomic E-state index is 12.0. The average Bonchev–Trinajstić information content (AvgIpc) is 2.09. The van der Waals surface area contributed by atoms with Crippen LogP contribution in [0.25, 0.3) is 0 Å². The molecule has 1 rings (SSSR count). The summed E-state index contributed by atoms with van der Waals surface area (Å²) in [7, 11) is -0.829. The second-order valence-corrected chi connectivity index (χ2v) is 7.50. The van der Waals surface area contributed by atoms with Crippen LogP contribution in [-0.4, -0.2) is 26.9 Å². The summed E-state index contributed by atoms with van der Waals surface area (Å²) in [5, 5.41) is 0. The molecule has 0 amide bonds. The molecular formula is C12H22O2S. The Hall–Kier alpha value is -0.150. The maximum Gasteiger partial charge on any atom is 0.0758 e. The highest BCUT2D eigenvalue weighted by atomic mass is 32.2. The first-order valence-electron chi connectivity index (χ1n) is 5.53. The van der Waals surface area contributed by atoms with E-state index in [2.05, 4.69) is 19.1 Å². The SMILES string of the molecule is C[C@@H]1C=C[C@@H](C)[C@H](CS(=O)C(C)(C)C)O1. The molecule has 0 aliphatic carbocycles. The van der Waals surface area contributed by atoms with Gasteiger partial charge in [-0.1, -0.05) is 19.1 Å². The Bertz CT molecular complexity index is 265. The smallest absolute Gasteiger partial charge is 0.0758 e. The summed E-state index contributed by atoms with van der Waals surface area (Å²) in [6.45, 7) is 10.2. The van der Waals surface area contributed by atoms with E-state index in [0.717, 1.165) is 0 Å². The predicted molar refractivity (Wildman–Crippen MR) is 65.4 cm³/mol. The fraction of sp³-hybridized carbons (Fsp3) is 0.833. The Kier molecular flexibility index (Phi) is 4.13. The minimum atomic E-state index is -0.829. The fourth-order valence-corrected chi connectivity index (χ4v) is 2.67. The van der Waals surface area contributed by atoms with Crippen LogP contribution in [0.2, 0.25) is 0 Å². The zero-order chi connectivity index (χ0) is 11.6. The van der Waals surface area contributed by atoms with Crippen molar-refractivity contribution in [3.63, 3.8) is 0 Å². The van der Waals surface area contributed by atoms with Crippen molar-refractivity contribution < 1.29 is 8.95 Å². The number of ether oxygens (including phenoxy) is 1. The van der Waals surface area contributed by atoms with Crippen LogP contribution in [0, 0.1) is 5.92 Å². The second-order valence-electron chi connectivity index (χ2n) is 5.25. The summed E-state index contributed by atoms with van der Waals surface area (Å²) in [5.41, 5.74) is 0. The molecular weight excluding hydrogens is 208 g/mol. The molecule has 0 aromatic rings. The van der Waals surface area contributed by atoms with E-state index in [1.54, 1.807) is 0 Å². The Morgan fingerprint density at radius 2 is 1.87 bits per heavy atom.